The van der Waals surface area contributed by atoms with Crippen molar-refractivity contribution in [1.29, 1.82) is 0 Å². The van der Waals surface area contributed by atoms with Crippen LogP contribution < -0.4 is 5.73 Å². The first-order chi connectivity index (χ1) is 5.65. The maximum atomic E-state index is 11.2. The monoisotopic (exact) mass is 188 g/mol. The highest BCUT2D eigenvalue weighted by Gasteiger charge is 2.32. The second-order valence-corrected chi connectivity index (χ2v) is 3.66. The summed E-state index contributed by atoms with van der Waals surface area (Å²) in [6, 6.07) is -0.0611. The normalized spacial score (nSPS) is 28.3. The molecule has 0 spiro atoms. The average molecular weight is 188 g/mol. The van der Waals surface area contributed by atoms with E-state index in [9.17, 15) is 4.79 Å². The van der Waals surface area contributed by atoms with Crippen LogP contribution in [-0.2, 0) is 9.53 Å². The number of carbonyl (C=O) groups excluding carboxylic acids is 1. The van der Waals surface area contributed by atoms with E-state index in [1.807, 2.05) is 6.92 Å². The first-order valence-electron chi connectivity index (χ1n) is 3.81. The fourth-order valence-corrected chi connectivity index (χ4v) is 1.91. The van der Waals surface area contributed by atoms with Gasteiger partial charge in [0.1, 0.15) is 5.25 Å². The molecule has 0 radical (unpaired) electrons. The fourth-order valence-electron chi connectivity index (χ4n) is 0.997. The zero-order chi connectivity index (χ0) is 9.14. The summed E-state index contributed by atoms with van der Waals surface area (Å²) in [5, 5.41) is 0.227. The Labute approximate surface area is 75.6 Å². The van der Waals surface area contributed by atoms with Gasteiger partial charge in [-0.15, -0.1) is 0 Å². The van der Waals surface area contributed by atoms with Crippen molar-refractivity contribution in [3.63, 3.8) is 0 Å². The largest absolute Gasteiger partial charge is 0.465 e. The van der Waals surface area contributed by atoms with Crippen LogP contribution in [0.25, 0.3) is 0 Å². The van der Waals surface area contributed by atoms with Crippen LogP contribution in [0.4, 0.5) is 0 Å². The third kappa shape index (κ3) is 1.91. The summed E-state index contributed by atoms with van der Waals surface area (Å²) in [6.45, 7) is 4.05. The zero-order valence-electron chi connectivity index (χ0n) is 7.11. The van der Waals surface area contributed by atoms with Crippen LogP contribution in [0, 0.1) is 0 Å². The van der Waals surface area contributed by atoms with Crippen molar-refractivity contribution >= 4 is 22.9 Å². The number of carbonyl (C=O) groups is 1. The predicted molar refractivity (Wildman–Crippen MR) is 49.1 cm³/mol. The maximum absolute atomic E-state index is 11.2. The summed E-state index contributed by atoms with van der Waals surface area (Å²) in [4.78, 5) is 15.3. The number of nitrogens with zero attached hydrogens (tertiary/aromatic N) is 1. The molecule has 0 aromatic heterocycles. The van der Waals surface area contributed by atoms with Crippen LogP contribution in [0.5, 0.6) is 0 Å². The smallest absolute Gasteiger partial charge is 0.321 e. The number of hydrogen-bond acceptors (Lipinski definition) is 5. The molecule has 0 amide bonds. The Kier molecular flexibility index (Phi) is 2.97. The molecular formula is C7H12N2O2S. The van der Waals surface area contributed by atoms with Gasteiger partial charge in [0.05, 0.1) is 12.6 Å². The molecule has 1 rings (SSSR count). The Morgan fingerprint density at radius 3 is 2.92 bits per heavy atom. The molecule has 4 nitrogen and oxygen atoms in total. The molecule has 0 unspecified atom stereocenters. The van der Waals surface area contributed by atoms with Crippen LogP contribution >= 0.6 is 11.8 Å². The fraction of sp³-hybridized carbons (Fsp3) is 0.714. The van der Waals surface area contributed by atoms with Crippen LogP contribution in [0.15, 0.2) is 4.99 Å². The molecule has 0 aromatic carbocycles. The van der Waals surface area contributed by atoms with Crippen molar-refractivity contribution in [2.24, 2.45) is 10.7 Å². The van der Waals surface area contributed by atoms with Crippen molar-refractivity contribution < 1.29 is 9.53 Å². The van der Waals surface area contributed by atoms with Crippen molar-refractivity contribution in [2.45, 2.75) is 25.1 Å². The van der Waals surface area contributed by atoms with Gasteiger partial charge in [-0.2, -0.15) is 0 Å². The lowest BCUT2D eigenvalue weighted by Crippen LogP contribution is -2.27. The average Bonchev–Trinajstić information content (AvgIpc) is 2.30. The lowest BCUT2D eigenvalue weighted by molar-refractivity contribution is -0.142. The van der Waals surface area contributed by atoms with Gasteiger partial charge in [-0.3, -0.25) is 9.79 Å². The highest BCUT2D eigenvalue weighted by Crippen LogP contribution is 2.25. The zero-order valence-corrected chi connectivity index (χ0v) is 7.93. The number of esters is 1. The molecule has 0 saturated carbocycles. The van der Waals surface area contributed by atoms with E-state index in [1.54, 1.807) is 6.92 Å². The summed E-state index contributed by atoms with van der Waals surface area (Å²) >= 11 is 1.27. The Bertz CT molecular complexity index is 217. The number of aliphatic imine (C=N–C) groups is 1. The highest BCUT2D eigenvalue weighted by molar-refractivity contribution is 8.15. The van der Waals surface area contributed by atoms with Gasteiger partial charge in [0.15, 0.2) is 5.17 Å². The number of thioether (sulfide) groups is 1. The maximum Gasteiger partial charge on any atom is 0.321 e. The third-order valence-electron chi connectivity index (χ3n) is 1.54. The van der Waals surface area contributed by atoms with Gasteiger partial charge in [0, 0.05) is 0 Å². The van der Waals surface area contributed by atoms with Crippen LogP contribution in [0.2, 0.25) is 0 Å². The Hall–Kier alpha value is -0.710. The standard InChI is InChI=1S/C7H12N2O2S/c1-3-11-6(10)5-4(2)9-7(8)12-5/h4-5H,3H2,1-2H3,(H2,8,9)/t4-,5+/m1/s1. The molecule has 1 aliphatic rings. The van der Waals surface area contributed by atoms with E-state index in [0.717, 1.165) is 0 Å². The van der Waals surface area contributed by atoms with E-state index < -0.39 is 0 Å². The quantitative estimate of drug-likeness (QED) is 0.636. The number of rotatable bonds is 2. The first-order valence-corrected chi connectivity index (χ1v) is 4.69. The highest BCUT2D eigenvalue weighted by atomic mass is 32.2. The molecule has 68 valence electrons. The van der Waals surface area contributed by atoms with E-state index in [-0.39, 0.29) is 17.3 Å². The minimum absolute atomic E-state index is 0.0611. The molecule has 1 heterocycles. The topological polar surface area (TPSA) is 64.7 Å². The molecular weight excluding hydrogens is 176 g/mol. The number of nitrogens with two attached hydrogens (primary N) is 1. The first kappa shape index (κ1) is 9.38. The van der Waals surface area contributed by atoms with Gasteiger partial charge in [-0.05, 0) is 13.8 Å². The lowest BCUT2D eigenvalue weighted by atomic mass is 10.2. The summed E-state index contributed by atoms with van der Waals surface area (Å²) in [5.74, 6) is -0.223. The van der Waals surface area contributed by atoms with Crippen LogP contribution in [0.3, 0.4) is 0 Å². The Balaban J connectivity index is 2.51. The molecule has 0 aliphatic carbocycles. The Morgan fingerprint density at radius 2 is 2.50 bits per heavy atom. The van der Waals surface area contributed by atoms with Crippen molar-refractivity contribution in [2.75, 3.05) is 6.61 Å². The molecule has 0 aromatic rings. The third-order valence-corrected chi connectivity index (χ3v) is 2.72. The van der Waals surface area contributed by atoms with Crippen molar-refractivity contribution in [1.82, 2.24) is 0 Å². The van der Waals surface area contributed by atoms with Crippen molar-refractivity contribution in [3.05, 3.63) is 0 Å². The molecule has 5 heteroatoms. The van der Waals surface area contributed by atoms with Gasteiger partial charge < -0.3 is 10.5 Å². The SMILES string of the molecule is CCOC(=O)[C@H]1SC(N)=N[C@@H]1C. The number of ether oxygens (including phenoxy) is 1. The molecule has 12 heavy (non-hydrogen) atoms. The lowest BCUT2D eigenvalue weighted by Gasteiger charge is -2.10. The van der Waals surface area contributed by atoms with E-state index >= 15 is 0 Å². The van der Waals surface area contributed by atoms with Crippen LogP contribution in [-0.4, -0.2) is 29.0 Å². The van der Waals surface area contributed by atoms with Gasteiger partial charge >= 0.3 is 5.97 Å². The molecule has 2 N–H and O–H groups in total. The summed E-state index contributed by atoms with van der Waals surface area (Å²) < 4.78 is 4.86. The van der Waals surface area contributed by atoms with Crippen molar-refractivity contribution in [3.8, 4) is 0 Å². The van der Waals surface area contributed by atoms with E-state index in [4.69, 9.17) is 10.5 Å². The minimum atomic E-state index is -0.245. The van der Waals surface area contributed by atoms with Gasteiger partial charge in [-0.25, -0.2) is 0 Å². The van der Waals surface area contributed by atoms with E-state index in [2.05, 4.69) is 4.99 Å². The van der Waals surface area contributed by atoms with E-state index in [1.165, 1.54) is 11.8 Å². The minimum Gasteiger partial charge on any atom is -0.465 e. The van der Waals surface area contributed by atoms with E-state index in [0.29, 0.717) is 11.8 Å². The van der Waals surface area contributed by atoms with Gasteiger partial charge in [-0.1, -0.05) is 11.8 Å². The second-order valence-electron chi connectivity index (χ2n) is 2.50. The molecule has 1 aliphatic heterocycles. The molecule has 2 atom stereocenters. The molecule has 0 saturated heterocycles. The number of amidine groups is 1. The Morgan fingerprint density at radius 1 is 1.83 bits per heavy atom. The summed E-state index contributed by atoms with van der Waals surface area (Å²) in [6.07, 6.45) is 0. The summed E-state index contributed by atoms with van der Waals surface area (Å²) in [5.41, 5.74) is 5.45. The molecule has 0 bridgehead atoms. The van der Waals surface area contributed by atoms with Gasteiger partial charge in [0.2, 0.25) is 0 Å². The second kappa shape index (κ2) is 3.80. The van der Waals surface area contributed by atoms with Crippen LogP contribution in [0.1, 0.15) is 13.8 Å². The molecule has 0 fully saturated rings. The van der Waals surface area contributed by atoms with Gasteiger partial charge in [0.25, 0.3) is 0 Å². The summed E-state index contributed by atoms with van der Waals surface area (Å²) in [7, 11) is 0. The number of hydrogen-bond donors (Lipinski definition) is 1. The predicted octanol–water partition coefficient (Wildman–Crippen LogP) is 0.368.